The molecule has 0 fully saturated rings. The van der Waals surface area contributed by atoms with Crippen molar-refractivity contribution in [1.29, 1.82) is 0 Å². The molecule has 2 N–H and O–H groups in total. The summed E-state index contributed by atoms with van der Waals surface area (Å²) in [6.45, 7) is 2.40. The first-order valence-electron chi connectivity index (χ1n) is 8.26. The average molecular weight is 370 g/mol. The lowest BCUT2D eigenvalue weighted by Gasteiger charge is -2.14. The van der Waals surface area contributed by atoms with Crippen LogP contribution in [0.25, 0.3) is 0 Å². The third-order valence-electron chi connectivity index (χ3n) is 4.09. The number of benzene rings is 2. The highest BCUT2D eigenvalue weighted by atomic mass is 32.1. The van der Waals surface area contributed by atoms with E-state index in [9.17, 15) is 9.18 Å². The van der Waals surface area contributed by atoms with Crippen LogP contribution in [0.5, 0.6) is 0 Å². The first-order valence-corrected chi connectivity index (χ1v) is 8.66. The summed E-state index contributed by atoms with van der Waals surface area (Å²) in [5, 5.41) is 9.83. The van der Waals surface area contributed by atoms with Crippen LogP contribution in [0.15, 0.2) is 54.6 Å². The fourth-order valence-corrected chi connectivity index (χ4v) is 2.90. The second-order valence-corrected chi connectivity index (χ2v) is 6.42. The largest absolute Gasteiger partial charge is 0.349 e. The number of amides is 1. The molecule has 134 valence electrons. The van der Waals surface area contributed by atoms with Crippen molar-refractivity contribution in [2.24, 2.45) is 0 Å². The van der Waals surface area contributed by atoms with E-state index in [1.54, 1.807) is 12.1 Å². The first kappa shape index (κ1) is 18.0. The van der Waals surface area contributed by atoms with Crippen LogP contribution < -0.4 is 5.32 Å². The van der Waals surface area contributed by atoms with Crippen molar-refractivity contribution in [3.05, 3.63) is 82.1 Å². The number of rotatable bonds is 6. The van der Waals surface area contributed by atoms with Crippen LogP contribution >= 0.6 is 12.2 Å². The predicted octanol–water partition coefficient (Wildman–Crippen LogP) is 3.55. The molecule has 2 aromatic carbocycles. The monoisotopic (exact) mass is 370 g/mol. The Morgan fingerprint density at radius 1 is 1.23 bits per heavy atom. The quantitative estimate of drug-likeness (QED) is 0.653. The molecule has 3 rings (SSSR count). The lowest BCUT2D eigenvalue weighted by molar-refractivity contribution is -0.121. The Kier molecular flexibility index (Phi) is 5.58. The number of hydrogen-bond donors (Lipinski definition) is 2. The molecule has 1 atom stereocenters. The molecule has 5 nitrogen and oxygen atoms in total. The SMILES string of the molecule is C[C@@H](NC(=O)Cc1n[nH]c(=S)n1Cc1ccccc1)c1ccc(F)cc1. The average Bonchev–Trinajstić information content (AvgIpc) is 2.96. The first-order chi connectivity index (χ1) is 12.5. The van der Waals surface area contributed by atoms with E-state index in [-0.39, 0.29) is 24.2 Å². The minimum Gasteiger partial charge on any atom is -0.349 e. The molecule has 1 aromatic heterocycles. The molecule has 0 bridgehead atoms. The summed E-state index contributed by atoms with van der Waals surface area (Å²) in [7, 11) is 0. The zero-order valence-corrected chi connectivity index (χ0v) is 15.1. The van der Waals surface area contributed by atoms with E-state index in [0.29, 0.717) is 17.1 Å². The van der Waals surface area contributed by atoms with Gasteiger partial charge in [-0.25, -0.2) is 4.39 Å². The van der Waals surface area contributed by atoms with Gasteiger partial charge in [-0.05, 0) is 42.4 Å². The van der Waals surface area contributed by atoms with E-state index in [1.807, 2.05) is 41.8 Å². The number of hydrogen-bond acceptors (Lipinski definition) is 3. The topological polar surface area (TPSA) is 62.7 Å². The van der Waals surface area contributed by atoms with Gasteiger partial charge in [0.1, 0.15) is 11.6 Å². The van der Waals surface area contributed by atoms with E-state index in [1.165, 1.54) is 12.1 Å². The highest BCUT2D eigenvalue weighted by molar-refractivity contribution is 7.71. The van der Waals surface area contributed by atoms with Gasteiger partial charge in [-0.2, -0.15) is 5.10 Å². The van der Waals surface area contributed by atoms with Crippen LogP contribution in [0, 0.1) is 10.6 Å². The molecule has 7 heteroatoms. The minimum atomic E-state index is -0.302. The van der Waals surface area contributed by atoms with E-state index in [0.717, 1.165) is 11.1 Å². The van der Waals surface area contributed by atoms with Crippen molar-refractivity contribution < 1.29 is 9.18 Å². The highest BCUT2D eigenvalue weighted by Gasteiger charge is 2.14. The van der Waals surface area contributed by atoms with Gasteiger partial charge in [0.2, 0.25) is 5.91 Å². The predicted molar refractivity (Wildman–Crippen MR) is 99.6 cm³/mol. The maximum atomic E-state index is 13.0. The number of halogens is 1. The van der Waals surface area contributed by atoms with Crippen LogP contribution in [0.4, 0.5) is 4.39 Å². The van der Waals surface area contributed by atoms with Crippen molar-refractivity contribution in [1.82, 2.24) is 20.1 Å². The van der Waals surface area contributed by atoms with E-state index >= 15 is 0 Å². The molecule has 0 aliphatic carbocycles. The molecule has 26 heavy (non-hydrogen) atoms. The summed E-state index contributed by atoms with van der Waals surface area (Å²) in [6.07, 6.45) is 0.103. The Balaban J connectivity index is 1.68. The molecule has 1 amide bonds. The van der Waals surface area contributed by atoms with Crippen molar-refractivity contribution in [3.63, 3.8) is 0 Å². The van der Waals surface area contributed by atoms with Crippen LogP contribution in [0.3, 0.4) is 0 Å². The smallest absolute Gasteiger partial charge is 0.228 e. The van der Waals surface area contributed by atoms with Crippen molar-refractivity contribution in [2.75, 3.05) is 0 Å². The van der Waals surface area contributed by atoms with Crippen molar-refractivity contribution in [2.45, 2.75) is 25.9 Å². The lowest BCUT2D eigenvalue weighted by atomic mass is 10.1. The summed E-state index contributed by atoms with van der Waals surface area (Å²) >= 11 is 5.28. The fourth-order valence-electron chi connectivity index (χ4n) is 2.69. The van der Waals surface area contributed by atoms with Gasteiger partial charge in [-0.15, -0.1) is 0 Å². The second-order valence-electron chi connectivity index (χ2n) is 6.03. The molecule has 0 aliphatic rings. The van der Waals surface area contributed by atoms with Gasteiger partial charge in [-0.1, -0.05) is 42.5 Å². The maximum absolute atomic E-state index is 13.0. The van der Waals surface area contributed by atoms with Gasteiger partial charge in [0.25, 0.3) is 0 Å². The van der Waals surface area contributed by atoms with E-state index < -0.39 is 0 Å². The van der Waals surface area contributed by atoms with Gasteiger partial charge in [0, 0.05) is 0 Å². The van der Waals surface area contributed by atoms with Gasteiger partial charge in [0.15, 0.2) is 4.77 Å². The normalized spacial score (nSPS) is 11.9. The Morgan fingerprint density at radius 3 is 2.62 bits per heavy atom. The zero-order chi connectivity index (χ0) is 18.5. The number of aromatic amines is 1. The Labute approximate surface area is 155 Å². The third-order valence-corrected chi connectivity index (χ3v) is 4.40. The minimum absolute atomic E-state index is 0.103. The molecule has 0 aliphatic heterocycles. The molecular weight excluding hydrogens is 351 g/mol. The van der Waals surface area contributed by atoms with Crippen LogP contribution in [-0.4, -0.2) is 20.7 Å². The number of carbonyl (C=O) groups excluding carboxylic acids is 1. The van der Waals surface area contributed by atoms with Crippen LogP contribution in [0.1, 0.15) is 29.9 Å². The Bertz CT molecular complexity index is 934. The molecule has 0 radical (unpaired) electrons. The number of nitrogens with zero attached hydrogens (tertiary/aromatic N) is 2. The highest BCUT2D eigenvalue weighted by Crippen LogP contribution is 2.13. The summed E-state index contributed by atoms with van der Waals surface area (Å²) in [6, 6.07) is 15.7. The second kappa shape index (κ2) is 8.05. The summed E-state index contributed by atoms with van der Waals surface area (Å²) in [5.74, 6) is 0.0940. The fraction of sp³-hybridized carbons (Fsp3) is 0.211. The van der Waals surface area contributed by atoms with Gasteiger partial charge < -0.3 is 5.32 Å². The number of aromatic nitrogens is 3. The Morgan fingerprint density at radius 2 is 1.92 bits per heavy atom. The lowest BCUT2D eigenvalue weighted by Crippen LogP contribution is -2.29. The molecular formula is C19H19FN4OS. The molecule has 0 spiro atoms. The van der Waals surface area contributed by atoms with Crippen molar-refractivity contribution in [3.8, 4) is 0 Å². The van der Waals surface area contributed by atoms with E-state index in [4.69, 9.17) is 12.2 Å². The zero-order valence-electron chi connectivity index (χ0n) is 14.3. The molecule has 0 saturated carbocycles. The molecule has 0 unspecified atom stereocenters. The van der Waals surface area contributed by atoms with Gasteiger partial charge >= 0.3 is 0 Å². The maximum Gasteiger partial charge on any atom is 0.228 e. The molecule has 1 heterocycles. The standard InChI is InChI=1S/C19H19FN4OS/c1-13(15-7-9-16(20)10-8-15)21-18(25)11-17-22-23-19(26)24(17)12-14-5-3-2-4-6-14/h2-10,13H,11-12H2,1H3,(H,21,25)(H,23,26)/t13-/m1/s1. The number of H-pyrrole nitrogens is 1. The van der Waals surface area contributed by atoms with Gasteiger partial charge in [0.05, 0.1) is 19.0 Å². The summed E-state index contributed by atoms with van der Waals surface area (Å²) < 4.78 is 15.3. The number of carbonyl (C=O) groups is 1. The number of nitrogens with one attached hydrogen (secondary N) is 2. The van der Waals surface area contributed by atoms with Crippen LogP contribution in [0.2, 0.25) is 0 Å². The van der Waals surface area contributed by atoms with E-state index in [2.05, 4.69) is 15.5 Å². The molecule has 3 aromatic rings. The van der Waals surface area contributed by atoms with Gasteiger partial charge in [-0.3, -0.25) is 14.5 Å². The summed E-state index contributed by atoms with van der Waals surface area (Å²) in [4.78, 5) is 12.4. The Hall–Kier alpha value is -2.80. The van der Waals surface area contributed by atoms with Crippen molar-refractivity contribution >= 4 is 18.1 Å². The summed E-state index contributed by atoms with van der Waals surface area (Å²) in [5.41, 5.74) is 1.91. The van der Waals surface area contributed by atoms with Crippen LogP contribution in [-0.2, 0) is 17.8 Å². The molecule has 0 saturated heterocycles. The third kappa shape index (κ3) is 4.43.